The highest BCUT2D eigenvalue weighted by molar-refractivity contribution is 5.93. The maximum absolute atomic E-state index is 11.8. The van der Waals surface area contributed by atoms with Crippen LogP contribution in [0.2, 0.25) is 0 Å². The molecule has 0 saturated heterocycles. The molecule has 2 N–H and O–H groups in total. The number of allylic oxidation sites excluding steroid dienone is 1. The Morgan fingerprint density at radius 2 is 1.88 bits per heavy atom. The molecule has 17 heavy (non-hydrogen) atoms. The van der Waals surface area contributed by atoms with Crippen molar-refractivity contribution in [3.8, 4) is 0 Å². The molecule has 98 valence electrons. The molecule has 4 heteroatoms. The van der Waals surface area contributed by atoms with Crippen LogP contribution in [0.4, 0.5) is 0 Å². The van der Waals surface area contributed by atoms with Gasteiger partial charge in [-0.15, -0.1) is 0 Å². The van der Waals surface area contributed by atoms with Crippen LogP contribution in [0, 0.1) is 5.41 Å². The Labute approximate surface area is 103 Å². The minimum atomic E-state index is -0.901. The summed E-state index contributed by atoms with van der Waals surface area (Å²) in [7, 11) is 0. The number of hydrogen-bond donors (Lipinski definition) is 2. The van der Waals surface area contributed by atoms with Crippen LogP contribution in [0.15, 0.2) is 11.6 Å². The molecule has 0 bridgehead atoms. The van der Waals surface area contributed by atoms with Crippen LogP contribution < -0.4 is 5.32 Å². The van der Waals surface area contributed by atoms with Crippen LogP contribution >= 0.6 is 0 Å². The third-order valence-electron chi connectivity index (χ3n) is 2.60. The monoisotopic (exact) mass is 241 g/mol. The molecule has 1 amide bonds. The van der Waals surface area contributed by atoms with Gasteiger partial charge in [0.15, 0.2) is 0 Å². The first-order valence-corrected chi connectivity index (χ1v) is 5.88. The Hall–Kier alpha value is -1.32. The standard InChI is InChI=1S/C13H23NO3/c1-6-7-9(2)12(17)14-10(8-11(15)16)13(3,4)5/h7,10H,6,8H2,1-5H3,(H,14,17)(H,15,16)/b9-7-. The molecule has 1 unspecified atom stereocenters. The molecule has 1 atom stereocenters. The summed E-state index contributed by atoms with van der Waals surface area (Å²) < 4.78 is 0. The van der Waals surface area contributed by atoms with Gasteiger partial charge in [0.05, 0.1) is 6.42 Å². The van der Waals surface area contributed by atoms with E-state index in [1.54, 1.807) is 6.92 Å². The van der Waals surface area contributed by atoms with E-state index in [0.717, 1.165) is 6.42 Å². The van der Waals surface area contributed by atoms with Crippen molar-refractivity contribution < 1.29 is 14.7 Å². The zero-order valence-electron chi connectivity index (χ0n) is 11.3. The summed E-state index contributed by atoms with van der Waals surface area (Å²) in [4.78, 5) is 22.6. The maximum atomic E-state index is 11.8. The summed E-state index contributed by atoms with van der Waals surface area (Å²) >= 11 is 0. The molecule has 4 nitrogen and oxygen atoms in total. The lowest BCUT2D eigenvalue weighted by Gasteiger charge is -2.30. The van der Waals surface area contributed by atoms with E-state index in [0.29, 0.717) is 5.57 Å². The average molecular weight is 241 g/mol. The van der Waals surface area contributed by atoms with Gasteiger partial charge in [-0.2, -0.15) is 0 Å². The van der Waals surface area contributed by atoms with Gasteiger partial charge in [-0.1, -0.05) is 33.8 Å². The van der Waals surface area contributed by atoms with E-state index in [9.17, 15) is 9.59 Å². The summed E-state index contributed by atoms with van der Waals surface area (Å²) in [5.74, 6) is -1.09. The van der Waals surface area contributed by atoms with Gasteiger partial charge in [0.25, 0.3) is 0 Å². The minimum absolute atomic E-state index is 0.0609. The Morgan fingerprint density at radius 3 is 2.24 bits per heavy atom. The van der Waals surface area contributed by atoms with Crippen LogP contribution in [-0.2, 0) is 9.59 Å². The SMILES string of the molecule is CC/C=C(/C)C(=O)NC(CC(=O)O)C(C)(C)C. The van der Waals surface area contributed by atoms with E-state index < -0.39 is 5.97 Å². The molecule has 0 heterocycles. The maximum Gasteiger partial charge on any atom is 0.305 e. The molecule has 0 aliphatic heterocycles. The lowest BCUT2D eigenvalue weighted by molar-refractivity contribution is -0.138. The third-order valence-corrected chi connectivity index (χ3v) is 2.60. The summed E-state index contributed by atoms with van der Waals surface area (Å²) in [5, 5.41) is 11.6. The van der Waals surface area contributed by atoms with Crippen LogP contribution in [-0.4, -0.2) is 23.0 Å². The second-order valence-corrected chi connectivity index (χ2v) is 5.29. The van der Waals surface area contributed by atoms with Gasteiger partial charge < -0.3 is 10.4 Å². The van der Waals surface area contributed by atoms with Crippen LogP contribution in [0.1, 0.15) is 47.5 Å². The highest BCUT2D eigenvalue weighted by atomic mass is 16.4. The van der Waals surface area contributed by atoms with Crippen molar-refractivity contribution >= 4 is 11.9 Å². The van der Waals surface area contributed by atoms with E-state index in [2.05, 4.69) is 5.32 Å². The van der Waals surface area contributed by atoms with Gasteiger partial charge in [0.1, 0.15) is 0 Å². The highest BCUT2D eigenvalue weighted by Crippen LogP contribution is 2.22. The van der Waals surface area contributed by atoms with E-state index in [1.807, 2.05) is 33.8 Å². The predicted octanol–water partition coefficient (Wildman–Crippen LogP) is 2.35. The fourth-order valence-electron chi connectivity index (χ4n) is 1.42. The number of carbonyl (C=O) groups excluding carboxylic acids is 1. The van der Waals surface area contributed by atoms with Gasteiger partial charge in [0.2, 0.25) is 5.91 Å². The fraction of sp³-hybridized carbons (Fsp3) is 0.692. The molecular formula is C13H23NO3. The Balaban J connectivity index is 4.71. The van der Waals surface area contributed by atoms with Gasteiger partial charge in [-0.05, 0) is 18.8 Å². The van der Waals surface area contributed by atoms with Crippen LogP contribution in [0.25, 0.3) is 0 Å². The molecule has 0 rings (SSSR count). The number of amides is 1. The summed E-state index contributed by atoms with van der Waals surface area (Å²) in [6.07, 6.45) is 2.56. The van der Waals surface area contributed by atoms with E-state index in [-0.39, 0.29) is 23.8 Å². The number of carbonyl (C=O) groups is 2. The molecule has 0 fully saturated rings. The lowest BCUT2D eigenvalue weighted by Crippen LogP contribution is -2.45. The fourth-order valence-corrected chi connectivity index (χ4v) is 1.42. The molecular weight excluding hydrogens is 218 g/mol. The van der Waals surface area contributed by atoms with Crippen molar-refractivity contribution in [3.63, 3.8) is 0 Å². The first kappa shape index (κ1) is 15.7. The molecule has 0 aromatic carbocycles. The lowest BCUT2D eigenvalue weighted by atomic mass is 9.84. The van der Waals surface area contributed by atoms with Crippen molar-refractivity contribution in [2.45, 2.75) is 53.5 Å². The topological polar surface area (TPSA) is 66.4 Å². The number of aliphatic carboxylic acids is 1. The van der Waals surface area contributed by atoms with E-state index in [1.165, 1.54) is 0 Å². The largest absolute Gasteiger partial charge is 0.481 e. The smallest absolute Gasteiger partial charge is 0.305 e. The van der Waals surface area contributed by atoms with Crippen molar-refractivity contribution in [2.24, 2.45) is 5.41 Å². The molecule has 0 aromatic heterocycles. The Bertz CT molecular complexity index is 313. The zero-order chi connectivity index (χ0) is 13.6. The number of nitrogens with one attached hydrogen (secondary N) is 1. The number of rotatable bonds is 5. The van der Waals surface area contributed by atoms with Crippen LogP contribution in [0.5, 0.6) is 0 Å². The second kappa shape index (κ2) is 6.42. The molecule has 0 saturated carbocycles. The number of hydrogen-bond acceptors (Lipinski definition) is 2. The van der Waals surface area contributed by atoms with Crippen molar-refractivity contribution in [1.82, 2.24) is 5.32 Å². The van der Waals surface area contributed by atoms with Gasteiger partial charge >= 0.3 is 5.97 Å². The molecule has 0 radical (unpaired) electrons. The summed E-state index contributed by atoms with van der Waals surface area (Å²) in [6.45, 7) is 9.44. The summed E-state index contributed by atoms with van der Waals surface area (Å²) in [6, 6.07) is -0.368. The van der Waals surface area contributed by atoms with Gasteiger partial charge in [-0.25, -0.2) is 0 Å². The highest BCUT2D eigenvalue weighted by Gasteiger charge is 2.28. The van der Waals surface area contributed by atoms with Gasteiger partial charge in [-0.3, -0.25) is 9.59 Å². The third kappa shape index (κ3) is 6.09. The van der Waals surface area contributed by atoms with Crippen molar-refractivity contribution in [3.05, 3.63) is 11.6 Å². The first-order chi connectivity index (χ1) is 7.68. The van der Waals surface area contributed by atoms with E-state index in [4.69, 9.17) is 5.11 Å². The zero-order valence-corrected chi connectivity index (χ0v) is 11.3. The second-order valence-electron chi connectivity index (χ2n) is 5.29. The Morgan fingerprint density at radius 1 is 1.35 bits per heavy atom. The predicted molar refractivity (Wildman–Crippen MR) is 67.7 cm³/mol. The molecule has 0 spiro atoms. The van der Waals surface area contributed by atoms with Gasteiger partial charge in [0, 0.05) is 11.6 Å². The Kier molecular flexibility index (Phi) is 5.93. The molecule has 0 aromatic rings. The molecule has 0 aliphatic rings. The number of carboxylic acids is 1. The number of carboxylic acid groups (broad SMARTS) is 1. The minimum Gasteiger partial charge on any atom is -0.481 e. The summed E-state index contributed by atoms with van der Waals surface area (Å²) in [5.41, 5.74) is 0.354. The van der Waals surface area contributed by atoms with Crippen molar-refractivity contribution in [2.75, 3.05) is 0 Å². The molecule has 0 aliphatic carbocycles. The first-order valence-electron chi connectivity index (χ1n) is 5.88. The van der Waals surface area contributed by atoms with Crippen molar-refractivity contribution in [1.29, 1.82) is 0 Å². The van der Waals surface area contributed by atoms with E-state index >= 15 is 0 Å². The quantitative estimate of drug-likeness (QED) is 0.726. The normalized spacial score (nSPS) is 14.3. The average Bonchev–Trinajstić information content (AvgIpc) is 2.14. The van der Waals surface area contributed by atoms with Crippen LogP contribution in [0.3, 0.4) is 0 Å².